The van der Waals surface area contributed by atoms with Gasteiger partial charge in [-0.1, -0.05) is 26.2 Å². The van der Waals surface area contributed by atoms with Crippen molar-refractivity contribution >= 4 is 22.7 Å². The van der Waals surface area contributed by atoms with Crippen LogP contribution in [0.25, 0.3) is 0 Å². The molecule has 1 heterocycles. The SMILES string of the molecule is CCCCCCN1CCN(c2ccc(N=Nc3ccc([N+](=O)[O-])cc3)cc2)CC1. The smallest absolute Gasteiger partial charge is 0.269 e. The van der Waals surface area contributed by atoms with Crippen molar-refractivity contribution in [1.29, 1.82) is 0 Å². The summed E-state index contributed by atoms with van der Waals surface area (Å²) in [5, 5.41) is 19.1. The van der Waals surface area contributed by atoms with Crippen LogP contribution in [0.3, 0.4) is 0 Å². The normalized spacial score (nSPS) is 15.1. The Morgan fingerprint density at radius 1 is 0.862 bits per heavy atom. The molecule has 1 aliphatic rings. The van der Waals surface area contributed by atoms with E-state index in [1.807, 2.05) is 12.1 Å². The first-order valence-corrected chi connectivity index (χ1v) is 10.4. The van der Waals surface area contributed by atoms with Gasteiger partial charge in [-0.05, 0) is 49.4 Å². The molecule has 0 N–H and O–H groups in total. The zero-order chi connectivity index (χ0) is 20.5. The molecule has 29 heavy (non-hydrogen) atoms. The highest BCUT2D eigenvalue weighted by molar-refractivity contribution is 5.53. The van der Waals surface area contributed by atoms with Gasteiger partial charge in [0.2, 0.25) is 0 Å². The molecule has 1 saturated heterocycles. The van der Waals surface area contributed by atoms with E-state index < -0.39 is 4.92 Å². The number of unbranched alkanes of at least 4 members (excludes halogenated alkanes) is 3. The van der Waals surface area contributed by atoms with E-state index in [9.17, 15) is 10.1 Å². The number of nitro groups is 1. The number of hydrogen-bond donors (Lipinski definition) is 0. The summed E-state index contributed by atoms with van der Waals surface area (Å²) in [6.07, 6.45) is 5.28. The van der Waals surface area contributed by atoms with E-state index >= 15 is 0 Å². The van der Waals surface area contributed by atoms with Crippen LogP contribution in [0.1, 0.15) is 32.6 Å². The Hall–Kier alpha value is -2.80. The third-order valence-electron chi connectivity index (χ3n) is 5.26. The van der Waals surface area contributed by atoms with Crippen molar-refractivity contribution in [2.75, 3.05) is 37.6 Å². The lowest BCUT2D eigenvalue weighted by Crippen LogP contribution is -2.46. The summed E-state index contributed by atoms with van der Waals surface area (Å²) in [5.74, 6) is 0. The number of non-ortho nitro benzene ring substituents is 1. The van der Waals surface area contributed by atoms with Gasteiger partial charge in [-0.25, -0.2) is 0 Å². The van der Waals surface area contributed by atoms with E-state index in [4.69, 9.17) is 0 Å². The summed E-state index contributed by atoms with van der Waals surface area (Å²) in [6.45, 7) is 7.81. The van der Waals surface area contributed by atoms with Crippen LogP contribution in [0.15, 0.2) is 58.8 Å². The topological polar surface area (TPSA) is 74.3 Å². The van der Waals surface area contributed by atoms with Crippen LogP contribution in [0.2, 0.25) is 0 Å². The van der Waals surface area contributed by atoms with Crippen LogP contribution in [0.4, 0.5) is 22.7 Å². The predicted octanol–water partition coefficient (Wildman–Crippen LogP) is 5.71. The van der Waals surface area contributed by atoms with Gasteiger partial charge >= 0.3 is 0 Å². The van der Waals surface area contributed by atoms with Crippen molar-refractivity contribution < 1.29 is 4.92 Å². The number of anilines is 1. The molecular formula is C22H29N5O2. The molecule has 0 saturated carbocycles. The number of rotatable bonds is 9. The van der Waals surface area contributed by atoms with Crippen LogP contribution in [0.5, 0.6) is 0 Å². The molecule has 7 nitrogen and oxygen atoms in total. The molecule has 0 atom stereocenters. The van der Waals surface area contributed by atoms with Crippen molar-refractivity contribution in [2.45, 2.75) is 32.6 Å². The van der Waals surface area contributed by atoms with Gasteiger partial charge < -0.3 is 4.90 Å². The van der Waals surface area contributed by atoms with E-state index in [1.54, 1.807) is 12.1 Å². The van der Waals surface area contributed by atoms with Gasteiger partial charge in [0.25, 0.3) is 5.69 Å². The number of piperazine rings is 1. The van der Waals surface area contributed by atoms with E-state index in [2.05, 4.69) is 39.1 Å². The molecule has 0 aliphatic carbocycles. The molecule has 0 spiro atoms. The molecular weight excluding hydrogens is 366 g/mol. The Labute approximate surface area is 172 Å². The van der Waals surface area contributed by atoms with Gasteiger partial charge in [0, 0.05) is 44.0 Å². The first kappa shape index (κ1) is 20.9. The zero-order valence-corrected chi connectivity index (χ0v) is 17.0. The number of nitro benzene ring substituents is 1. The van der Waals surface area contributed by atoms with Crippen LogP contribution < -0.4 is 4.90 Å². The molecule has 0 unspecified atom stereocenters. The fraction of sp³-hybridized carbons (Fsp3) is 0.455. The van der Waals surface area contributed by atoms with E-state index in [1.165, 1.54) is 50.0 Å². The molecule has 154 valence electrons. The van der Waals surface area contributed by atoms with Gasteiger partial charge in [0.15, 0.2) is 0 Å². The Balaban J connectivity index is 1.48. The summed E-state index contributed by atoms with van der Waals surface area (Å²) in [7, 11) is 0. The fourth-order valence-electron chi connectivity index (χ4n) is 3.48. The molecule has 3 rings (SSSR count). The van der Waals surface area contributed by atoms with Crippen LogP contribution in [0, 0.1) is 10.1 Å². The monoisotopic (exact) mass is 395 g/mol. The Kier molecular flexibility index (Phi) is 7.69. The van der Waals surface area contributed by atoms with Crippen LogP contribution >= 0.6 is 0 Å². The van der Waals surface area contributed by atoms with Gasteiger partial charge in [-0.15, -0.1) is 0 Å². The van der Waals surface area contributed by atoms with Crippen molar-refractivity contribution in [3.8, 4) is 0 Å². The van der Waals surface area contributed by atoms with E-state index in [0.29, 0.717) is 5.69 Å². The highest BCUT2D eigenvalue weighted by Crippen LogP contribution is 2.24. The maximum atomic E-state index is 10.7. The second-order valence-electron chi connectivity index (χ2n) is 7.38. The lowest BCUT2D eigenvalue weighted by molar-refractivity contribution is -0.384. The highest BCUT2D eigenvalue weighted by Gasteiger charge is 2.16. The molecule has 0 amide bonds. The molecule has 1 aliphatic heterocycles. The number of hydrogen-bond acceptors (Lipinski definition) is 6. The maximum absolute atomic E-state index is 10.7. The minimum atomic E-state index is -0.425. The molecule has 0 radical (unpaired) electrons. The lowest BCUT2D eigenvalue weighted by Gasteiger charge is -2.36. The third kappa shape index (κ3) is 6.35. The summed E-state index contributed by atoms with van der Waals surface area (Å²) < 4.78 is 0. The maximum Gasteiger partial charge on any atom is 0.269 e. The van der Waals surface area contributed by atoms with Crippen molar-refractivity contribution in [1.82, 2.24) is 4.90 Å². The molecule has 0 aromatic heterocycles. The molecule has 1 fully saturated rings. The zero-order valence-electron chi connectivity index (χ0n) is 17.0. The predicted molar refractivity (Wildman–Crippen MR) is 117 cm³/mol. The summed E-state index contributed by atoms with van der Waals surface area (Å²) in [5.41, 5.74) is 2.62. The lowest BCUT2D eigenvalue weighted by atomic mass is 10.2. The Bertz CT molecular complexity index is 797. The minimum absolute atomic E-state index is 0.0503. The van der Waals surface area contributed by atoms with Crippen LogP contribution in [-0.4, -0.2) is 42.5 Å². The van der Waals surface area contributed by atoms with Gasteiger partial charge in [-0.3, -0.25) is 15.0 Å². The van der Waals surface area contributed by atoms with Gasteiger partial charge in [0.1, 0.15) is 0 Å². The minimum Gasteiger partial charge on any atom is -0.369 e. The van der Waals surface area contributed by atoms with Crippen molar-refractivity contribution in [3.63, 3.8) is 0 Å². The Morgan fingerprint density at radius 2 is 1.45 bits per heavy atom. The van der Waals surface area contributed by atoms with E-state index in [-0.39, 0.29) is 5.69 Å². The second kappa shape index (κ2) is 10.7. The first-order chi connectivity index (χ1) is 14.2. The number of azo groups is 1. The Morgan fingerprint density at radius 3 is 2.00 bits per heavy atom. The molecule has 7 heteroatoms. The average Bonchev–Trinajstić information content (AvgIpc) is 2.76. The summed E-state index contributed by atoms with van der Waals surface area (Å²) in [4.78, 5) is 15.2. The van der Waals surface area contributed by atoms with Crippen LogP contribution in [-0.2, 0) is 0 Å². The highest BCUT2D eigenvalue weighted by atomic mass is 16.6. The quantitative estimate of drug-likeness (QED) is 0.236. The van der Waals surface area contributed by atoms with Crippen molar-refractivity contribution in [3.05, 3.63) is 58.6 Å². The summed E-state index contributed by atoms with van der Waals surface area (Å²) >= 11 is 0. The average molecular weight is 396 g/mol. The van der Waals surface area contributed by atoms with Crippen molar-refractivity contribution in [2.24, 2.45) is 10.2 Å². The number of benzene rings is 2. The standard InChI is InChI=1S/C22H29N5O2/c1-2-3-4-5-14-25-15-17-26(18-16-25)21-10-6-19(7-11-21)23-24-20-8-12-22(13-9-20)27(28)29/h6-13H,2-5,14-18H2,1H3. The van der Waals surface area contributed by atoms with Gasteiger partial charge in [0.05, 0.1) is 16.3 Å². The fourth-order valence-corrected chi connectivity index (χ4v) is 3.48. The number of nitrogens with zero attached hydrogens (tertiary/aromatic N) is 5. The summed E-state index contributed by atoms with van der Waals surface area (Å²) in [6, 6.07) is 14.1. The first-order valence-electron chi connectivity index (χ1n) is 10.4. The van der Waals surface area contributed by atoms with Gasteiger partial charge in [-0.2, -0.15) is 10.2 Å². The second-order valence-corrected chi connectivity index (χ2v) is 7.38. The molecule has 2 aromatic carbocycles. The largest absolute Gasteiger partial charge is 0.369 e. The third-order valence-corrected chi connectivity index (χ3v) is 5.26. The van der Waals surface area contributed by atoms with E-state index in [0.717, 1.165) is 31.9 Å². The molecule has 0 bridgehead atoms. The molecule has 2 aromatic rings.